The lowest BCUT2D eigenvalue weighted by Gasteiger charge is -2.06. The molecule has 0 unspecified atom stereocenters. The number of thiocarbonyl (C=S) groups is 1. The zero-order valence-corrected chi connectivity index (χ0v) is 13.9. The minimum absolute atomic E-state index is 0.251. The third-order valence-electron chi connectivity index (χ3n) is 3.03. The number of benzene rings is 2. The van der Waals surface area contributed by atoms with Crippen LogP contribution in [-0.2, 0) is 6.61 Å². The van der Waals surface area contributed by atoms with Gasteiger partial charge in [-0.25, -0.2) is 4.39 Å². The molecule has 2 aromatic rings. The summed E-state index contributed by atoms with van der Waals surface area (Å²) in [5.74, 6) is 0.492. The molecule has 0 bridgehead atoms. The van der Waals surface area contributed by atoms with Gasteiger partial charge in [0.25, 0.3) is 0 Å². The Hall–Kier alpha value is -2.73. The Labute approximate surface area is 146 Å². The van der Waals surface area contributed by atoms with Crippen LogP contribution in [0.3, 0.4) is 0 Å². The van der Waals surface area contributed by atoms with Crippen molar-refractivity contribution >= 4 is 23.5 Å². The fourth-order valence-electron chi connectivity index (χ4n) is 1.80. The number of rotatable bonds is 7. The van der Waals surface area contributed by atoms with Crippen molar-refractivity contribution in [3.63, 3.8) is 0 Å². The molecule has 6 heteroatoms. The van der Waals surface area contributed by atoms with Crippen LogP contribution in [0.4, 0.5) is 4.39 Å². The summed E-state index contributed by atoms with van der Waals surface area (Å²) in [5.41, 5.74) is 4.71. The molecule has 0 aliphatic carbocycles. The molecular formula is C18H19FN3OS+. The largest absolute Gasteiger partial charge is 0.489 e. The van der Waals surface area contributed by atoms with E-state index in [1.165, 1.54) is 12.1 Å². The second-order valence-electron chi connectivity index (χ2n) is 4.90. The fourth-order valence-corrected chi connectivity index (χ4v) is 1.94. The molecule has 124 valence electrons. The second kappa shape index (κ2) is 9.42. The highest BCUT2D eigenvalue weighted by Gasteiger charge is 1.99. The van der Waals surface area contributed by atoms with E-state index in [0.29, 0.717) is 18.3 Å². The predicted octanol–water partition coefficient (Wildman–Crippen LogP) is 1.47. The molecule has 2 rings (SSSR count). The first-order valence-electron chi connectivity index (χ1n) is 7.38. The molecular weight excluding hydrogens is 325 g/mol. The van der Waals surface area contributed by atoms with Gasteiger partial charge in [-0.05, 0) is 54.2 Å². The van der Waals surface area contributed by atoms with Crippen LogP contribution in [0.1, 0.15) is 11.1 Å². The van der Waals surface area contributed by atoms with E-state index in [-0.39, 0.29) is 5.82 Å². The Bertz CT molecular complexity index is 699. The maximum Gasteiger partial charge on any atom is 0.224 e. The number of hydrazine groups is 1. The minimum Gasteiger partial charge on any atom is -0.489 e. The lowest BCUT2D eigenvalue weighted by Crippen LogP contribution is -2.82. The highest BCUT2D eigenvalue weighted by Crippen LogP contribution is 2.13. The molecule has 0 atom stereocenters. The third-order valence-corrected chi connectivity index (χ3v) is 3.28. The molecule has 0 saturated heterocycles. The Morgan fingerprint density at radius 1 is 1.17 bits per heavy atom. The average Bonchev–Trinajstić information content (AvgIpc) is 2.60. The summed E-state index contributed by atoms with van der Waals surface area (Å²) >= 11 is 5.05. The van der Waals surface area contributed by atoms with E-state index in [4.69, 9.17) is 17.0 Å². The number of ether oxygens (including phenoxy) is 1. The Balaban J connectivity index is 1.80. The maximum atomic E-state index is 12.8. The van der Waals surface area contributed by atoms with Crippen LogP contribution < -0.4 is 20.6 Å². The van der Waals surface area contributed by atoms with Crippen LogP contribution in [0.15, 0.2) is 61.2 Å². The molecule has 0 fully saturated rings. The molecule has 4 nitrogen and oxygen atoms in total. The number of nitrogens with one attached hydrogen (secondary N) is 3. The average molecular weight is 344 g/mol. The first kappa shape index (κ1) is 17.6. The highest BCUT2D eigenvalue weighted by atomic mass is 32.1. The van der Waals surface area contributed by atoms with Crippen molar-refractivity contribution in [1.82, 2.24) is 10.7 Å². The van der Waals surface area contributed by atoms with Crippen molar-refractivity contribution in [2.75, 3.05) is 6.54 Å². The van der Waals surface area contributed by atoms with E-state index in [9.17, 15) is 4.39 Å². The molecule has 0 aromatic heterocycles. The Morgan fingerprint density at radius 2 is 1.88 bits per heavy atom. The van der Waals surface area contributed by atoms with Gasteiger partial charge in [0.1, 0.15) is 18.2 Å². The van der Waals surface area contributed by atoms with E-state index >= 15 is 0 Å². The number of halogens is 1. The molecule has 0 spiro atoms. The standard InChI is InChI=1S/C18H18FN3OS/c1-2-11-20-18(24)22-21-12-14-5-9-17(10-6-14)23-13-15-3-7-16(19)8-4-15/h2-10,12H,1,11,13H2,(H2,20,22,24)/p+1. The van der Waals surface area contributed by atoms with E-state index in [0.717, 1.165) is 16.9 Å². The van der Waals surface area contributed by atoms with Gasteiger partial charge < -0.3 is 10.1 Å². The molecule has 0 radical (unpaired) electrons. The molecule has 0 amide bonds. The van der Waals surface area contributed by atoms with Gasteiger partial charge in [0.05, 0.1) is 0 Å². The quantitative estimate of drug-likeness (QED) is 0.308. The van der Waals surface area contributed by atoms with Gasteiger partial charge >= 0.3 is 0 Å². The number of hydrogen-bond donors (Lipinski definition) is 3. The SMILES string of the molecule is C=CCNC(=S)N[NH+]=Cc1ccc(OCc2ccc(F)cc2)cc1. The molecule has 0 aliphatic heterocycles. The Kier molecular flexibility index (Phi) is 6.91. The lowest BCUT2D eigenvalue weighted by atomic mass is 10.2. The van der Waals surface area contributed by atoms with E-state index < -0.39 is 0 Å². The second-order valence-corrected chi connectivity index (χ2v) is 5.30. The summed E-state index contributed by atoms with van der Waals surface area (Å²) in [5, 5.41) is 6.33. The minimum atomic E-state index is -0.251. The maximum absolute atomic E-state index is 12.8. The monoisotopic (exact) mass is 344 g/mol. The summed E-state index contributed by atoms with van der Waals surface area (Å²) in [6.07, 6.45) is 3.51. The summed E-state index contributed by atoms with van der Waals surface area (Å²) in [4.78, 5) is 0. The van der Waals surface area contributed by atoms with Gasteiger partial charge in [0.2, 0.25) is 5.11 Å². The smallest absolute Gasteiger partial charge is 0.224 e. The first-order chi connectivity index (χ1) is 11.7. The molecule has 24 heavy (non-hydrogen) atoms. The van der Waals surface area contributed by atoms with Gasteiger partial charge in [-0.15, -0.1) is 17.1 Å². The van der Waals surface area contributed by atoms with Gasteiger partial charge in [0.15, 0.2) is 6.21 Å². The van der Waals surface area contributed by atoms with Gasteiger partial charge in [-0.3, -0.25) is 0 Å². The van der Waals surface area contributed by atoms with Crippen molar-refractivity contribution in [1.29, 1.82) is 0 Å². The number of hydrogen-bond acceptors (Lipinski definition) is 2. The molecule has 0 aliphatic rings. The topological polar surface area (TPSA) is 47.3 Å². The molecule has 0 heterocycles. The predicted molar refractivity (Wildman–Crippen MR) is 97.2 cm³/mol. The van der Waals surface area contributed by atoms with Crippen molar-refractivity contribution in [3.8, 4) is 5.75 Å². The van der Waals surface area contributed by atoms with Crippen molar-refractivity contribution < 1.29 is 14.2 Å². The fraction of sp³-hybridized carbons (Fsp3) is 0.111. The summed E-state index contributed by atoms with van der Waals surface area (Å²) in [6.45, 7) is 4.60. The van der Waals surface area contributed by atoms with Crippen LogP contribution in [0.5, 0.6) is 5.75 Å². The zero-order valence-electron chi connectivity index (χ0n) is 13.1. The molecule has 3 N–H and O–H groups in total. The summed E-state index contributed by atoms with van der Waals surface area (Å²) in [7, 11) is 0. The van der Waals surface area contributed by atoms with Gasteiger partial charge in [-0.2, -0.15) is 0 Å². The number of hydrazone groups is 1. The van der Waals surface area contributed by atoms with Crippen LogP contribution in [0.25, 0.3) is 0 Å². The van der Waals surface area contributed by atoms with Crippen molar-refractivity contribution in [2.45, 2.75) is 6.61 Å². The first-order valence-corrected chi connectivity index (χ1v) is 7.79. The lowest BCUT2D eigenvalue weighted by molar-refractivity contribution is -0.500. The Morgan fingerprint density at radius 3 is 2.54 bits per heavy atom. The van der Waals surface area contributed by atoms with E-state index in [1.807, 2.05) is 24.3 Å². The molecule has 2 aromatic carbocycles. The summed E-state index contributed by atoms with van der Waals surface area (Å²) < 4.78 is 18.5. The van der Waals surface area contributed by atoms with Crippen LogP contribution in [0, 0.1) is 5.82 Å². The van der Waals surface area contributed by atoms with Crippen LogP contribution in [-0.4, -0.2) is 17.9 Å². The normalized spacial score (nSPS) is 10.4. The van der Waals surface area contributed by atoms with Crippen molar-refractivity contribution in [3.05, 3.63) is 78.1 Å². The zero-order chi connectivity index (χ0) is 17.2. The van der Waals surface area contributed by atoms with E-state index in [1.54, 1.807) is 24.4 Å². The van der Waals surface area contributed by atoms with Crippen molar-refractivity contribution in [2.24, 2.45) is 0 Å². The summed E-state index contributed by atoms with van der Waals surface area (Å²) in [6, 6.07) is 13.8. The van der Waals surface area contributed by atoms with Crippen LogP contribution in [0.2, 0.25) is 0 Å². The molecule has 0 saturated carbocycles. The highest BCUT2D eigenvalue weighted by molar-refractivity contribution is 7.80. The van der Waals surface area contributed by atoms with E-state index in [2.05, 4.69) is 22.4 Å². The van der Waals surface area contributed by atoms with Gasteiger partial charge in [0, 0.05) is 12.1 Å². The third kappa shape index (κ3) is 6.18. The van der Waals surface area contributed by atoms with Gasteiger partial charge in [-0.1, -0.05) is 18.2 Å². The van der Waals surface area contributed by atoms with Crippen LogP contribution >= 0.6 is 12.2 Å².